The molecule has 2 N–H and O–H groups in total. The lowest BCUT2D eigenvalue weighted by Gasteiger charge is -2.36. The third-order valence-electron chi connectivity index (χ3n) is 5.22. The maximum absolute atomic E-state index is 12.9. The van der Waals surface area contributed by atoms with E-state index < -0.39 is 0 Å². The second kappa shape index (κ2) is 5.77. The molecular weight excluding hydrogens is 320 g/mol. The number of nitrogen functional groups attached to an aromatic ring is 1. The van der Waals surface area contributed by atoms with Gasteiger partial charge in [0.05, 0.1) is 11.0 Å². The van der Waals surface area contributed by atoms with E-state index in [2.05, 4.69) is 11.9 Å². The quantitative estimate of drug-likeness (QED) is 0.721. The van der Waals surface area contributed by atoms with E-state index in [9.17, 15) is 4.79 Å². The Bertz CT molecular complexity index is 912. The standard InChI is InChI=1S/C18H22N4OS/c1-11-5-3-4-6-14(11)21(2)17(23)16-10-22-15-8-7-12(19)9-13(15)20-18(22)24-16/h7-11,14H,3-6,19H2,1-2H3. The Morgan fingerprint density at radius 2 is 2.17 bits per heavy atom. The van der Waals surface area contributed by atoms with E-state index in [0.29, 0.717) is 17.6 Å². The Balaban J connectivity index is 1.67. The summed E-state index contributed by atoms with van der Waals surface area (Å²) < 4.78 is 1.99. The van der Waals surface area contributed by atoms with Crippen molar-refractivity contribution in [1.29, 1.82) is 0 Å². The lowest BCUT2D eigenvalue weighted by atomic mass is 9.85. The summed E-state index contributed by atoms with van der Waals surface area (Å²) in [6.45, 7) is 2.26. The topological polar surface area (TPSA) is 63.6 Å². The van der Waals surface area contributed by atoms with Crippen LogP contribution in [-0.4, -0.2) is 33.3 Å². The number of nitrogens with zero attached hydrogens (tertiary/aromatic N) is 3. The third-order valence-corrected chi connectivity index (χ3v) is 6.19. The normalized spacial score (nSPS) is 21.4. The van der Waals surface area contributed by atoms with Gasteiger partial charge in [-0.25, -0.2) is 4.98 Å². The summed E-state index contributed by atoms with van der Waals surface area (Å²) in [5.41, 5.74) is 8.38. The van der Waals surface area contributed by atoms with Crippen molar-refractivity contribution < 1.29 is 4.79 Å². The number of rotatable bonds is 2. The van der Waals surface area contributed by atoms with Crippen molar-refractivity contribution in [3.05, 3.63) is 29.3 Å². The molecule has 4 rings (SSSR count). The maximum atomic E-state index is 12.9. The number of fused-ring (bicyclic) bond motifs is 3. The molecule has 1 aromatic carbocycles. The van der Waals surface area contributed by atoms with Gasteiger partial charge in [0.1, 0.15) is 4.88 Å². The molecule has 2 unspecified atom stereocenters. The van der Waals surface area contributed by atoms with Crippen LogP contribution in [0.5, 0.6) is 0 Å². The van der Waals surface area contributed by atoms with Crippen molar-refractivity contribution in [1.82, 2.24) is 14.3 Å². The predicted molar refractivity (Wildman–Crippen MR) is 98.5 cm³/mol. The van der Waals surface area contributed by atoms with E-state index in [1.807, 2.05) is 40.7 Å². The molecule has 5 nitrogen and oxygen atoms in total. The highest BCUT2D eigenvalue weighted by Gasteiger charge is 2.29. The molecule has 2 heterocycles. The minimum atomic E-state index is 0.104. The summed E-state index contributed by atoms with van der Waals surface area (Å²) in [6.07, 6.45) is 6.72. The van der Waals surface area contributed by atoms with Gasteiger partial charge in [0.15, 0.2) is 4.96 Å². The number of nitrogens with two attached hydrogens (primary N) is 1. The molecule has 1 aliphatic rings. The first-order valence-corrected chi connectivity index (χ1v) is 9.30. The number of benzene rings is 1. The first kappa shape index (κ1) is 15.4. The van der Waals surface area contributed by atoms with Crippen LogP contribution in [0.25, 0.3) is 16.0 Å². The van der Waals surface area contributed by atoms with Crippen LogP contribution in [0, 0.1) is 5.92 Å². The molecule has 1 saturated carbocycles. The highest BCUT2D eigenvalue weighted by molar-refractivity contribution is 7.18. The molecule has 1 aliphatic carbocycles. The Morgan fingerprint density at radius 1 is 1.38 bits per heavy atom. The maximum Gasteiger partial charge on any atom is 0.265 e. The van der Waals surface area contributed by atoms with E-state index in [1.54, 1.807) is 0 Å². The molecule has 2 aromatic heterocycles. The van der Waals surface area contributed by atoms with Crippen molar-refractivity contribution in [2.45, 2.75) is 38.6 Å². The van der Waals surface area contributed by atoms with Crippen LogP contribution in [0.2, 0.25) is 0 Å². The largest absolute Gasteiger partial charge is 0.399 e. The minimum absolute atomic E-state index is 0.104. The summed E-state index contributed by atoms with van der Waals surface area (Å²) in [5, 5.41) is 0. The summed E-state index contributed by atoms with van der Waals surface area (Å²) in [7, 11) is 1.94. The van der Waals surface area contributed by atoms with Gasteiger partial charge in [-0.2, -0.15) is 0 Å². The van der Waals surface area contributed by atoms with Gasteiger partial charge in [-0.05, 0) is 37.0 Å². The molecule has 0 saturated heterocycles. The number of carbonyl (C=O) groups is 1. The number of amides is 1. The Morgan fingerprint density at radius 3 is 2.96 bits per heavy atom. The van der Waals surface area contributed by atoms with Crippen LogP contribution < -0.4 is 5.73 Å². The van der Waals surface area contributed by atoms with Gasteiger partial charge >= 0.3 is 0 Å². The number of aromatic nitrogens is 2. The SMILES string of the molecule is CC1CCCCC1N(C)C(=O)c1cn2c(nc3cc(N)ccc32)s1. The van der Waals surface area contributed by atoms with Crippen LogP contribution in [0.3, 0.4) is 0 Å². The zero-order valence-electron chi connectivity index (χ0n) is 14.0. The number of thiazole rings is 1. The van der Waals surface area contributed by atoms with Crippen LogP contribution >= 0.6 is 11.3 Å². The molecule has 6 heteroatoms. The van der Waals surface area contributed by atoms with Crippen molar-refractivity contribution >= 4 is 38.9 Å². The fourth-order valence-electron chi connectivity index (χ4n) is 3.83. The van der Waals surface area contributed by atoms with E-state index >= 15 is 0 Å². The molecule has 1 amide bonds. The highest BCUT2D eigenvalue weighted by Crippen LogP contribution is 2.30. The summed E-state index contributed by atoms with van der Waals surface area (Å²) >= 11 is 1.45. The highest BCUT2D eigenvalue weighted by atomic mass is 32.1. The first-order chi connectivity index (χ1) is 11.5. The number of hydrogen-bond donors (Lipinski definition) is 1. The van der Waals surface area contributed by atoms with Gasteiger partial charge in [-0.3, -0.25) is 9.20 Å². The molecule has 0 radical (unpaired) electrons. The molecule has 126 valence electrons. The number of hydrogen-bond acceptors (Lipinski definition) is 4. The van der Waals surface area contributed by atoms with Gasteiger partial charge < -0.3 is 10.6 Å². The molecule has 2 atom stereocenters. The summed E-state index contributed by atoms with van der Waals surface area (Å²) in [6, 6.07) is 6.04. The monoisotopic (exact) mass is 342 g/mol. The average molecular weight is 342 g/mol. The fourth-order valence-corrected chi connectivity index (χ4v) is 4.81. The van der Waals surface area contributed by atoms with E-state index in [-0.39, 0.29) is 5.91 Å². The Kier molecular flexibility index (Phi) is 3.72. The summed E-state index contributed by atoms with van der Waals surface area (Å²) in [5.74, 6) is 0.674. The van der Waals surface area contributed by atoms with Crippen LogP contribution in [0.1, 0.15) is 42.3 Å². The van der Waals surface area contributed by atoms with Crippen molar-refractivity contribution in [2.75, 3.05) is 12.8 Å². The summed E-state index contributed by atoms with van der Waals surface area (Å²) in [4.78, 5) is 21.0. The molecule has 0 bridgehead atoms. The van der Waals surface area contributed by atoms with Gasteiger partial charge in [0, 0.05) is 25.0 Å². The fraction of sp³-hybridized carbons (Fsp3) is 0.444. The zero-order valence-corrected chi connectivity index (χ0v) is 14.8. The molecule has 3 aromatic rings. The van der Waals surface area contributed by atoms with Crippen LogP contribution in [0.4, 0.5) is 5.69 Å². The third kappa shape index (κ3) is 2.45. The van der Waals surface area contributed by atoms with E-state index in [0.717, 1.165) is 27.3 Å². The second-order valence-corrected chi connectivity index (χ2v) is 7.86. The van der Waals surface area contributed by atoms with Gasteiger partial charge in [0.25, 0.3) is 5.91 Å². The van der Waals surface area contributed by atoms with Crippen molar-refractivity contribution in [3.63, 3.8) is 0 Å². The molecule has 24 heavy (non-hydrogen) atoms. The van der Waals surface area contributed by atoms with Crippen LogP contribution in [0.15, 0.2) is 24.4 Å². The van der Waals surface area contributed by atoms with E-state index in [1.165, 1.54) is 30.6 Å². The smallest absolute Gasteiger partial charge is 0.265 e. The van der Waals surface area contributed by atoms with E-state index in [4.69, 9.17) is 5.73 Å². The molecular formula is C18H22N4OS. The minimum Gasteiger partial charge on any atom is -0.399 e. The zero-order chi connectivity index (χ0) is 16.8. The van der Waals surface area contributed by atoms with Gasteiger partial charge in [0.2, 0.25) is 0 Å². The first-order valence-electron chi connectivity index (χ1n) is 8.49. The Labute approximate surface area is 145 Å². The molecule has 1 fully saturated rings. The second-order valence-electron chi connectivity index (χ2n) is 6.85. The van der Waals surface area contributed by atoms with Gasteiger partial charge in [-0.15, -0.1) is 0 Å². The van der Waals surface area contributed by atoms with Gasteiger partial charge in [-0.1, -0.05) is 31.1 Å². The lowest BCUT2D eigenvalue weighted by molar-refractivity contribution is 0.0633. The number of anilines is 1. The Hall–Kier alpha value is -2.08. The average Bonchev–Trinajstić information content (AvgIpc) is 3.11. The molecule has 0 aliphatic heterocycles. The van der Waals surface area contributed by atoms with Crippen molar-refractivity contribution in [2.24, 2.45) is 5.92 Å². The number of imidazole rings is 1. The number of carbonyl (C=O) groups excluding carboxylic acids is 1. The van der Waals surface area contributed by atoms with Crippen LogP contribution in [-0.2, 0) is 0 Å². The molecule has 0 spiro atoms. The predicted octanol–water partition coefficient (Wildman–Crippen LogP) is 3.78. The lowest BCUT2D eigenvalue weighted by Crippen LogP contribution is -2.42. The van der Waals surface area contributed by atoms with Crippen molar-refractivity contribution in [3.8, 4) is 0 Å².